The molecule has 0 saturated carbocycles. The van der Waals surface area contributed by atoms with Crippen LogP contribution in [0.1, 0.15) is 47.2 Å². The second kappa shape index (κ2) is 9.15. The Morgan fingerprint density at radius 1 is 0.914 bits per heavy atom. The molecule has 1 amide bonds. The van der Waals surface area contributed by atoms with Crippen molar-refractivity contribution in [3.05, 3.63) is 64.2 Å². The van der Waals surface area contributed by atoms with Gasteiger partial charge in [0.15, 0.2) is 0 Å². The van der Waals surface area contributed by atoms with E-state index in [2.05, 4.69) is 10.1 Å². The Morgan fingerprint density at radius 3 is 1.94 bits per heavy atom. The molecular weight excluding hydrogens is 495 g/mol. The van der Waals surface area contributed by atoms with Crippen LogP contribution >= 0.6 is 0 Å². The SMILES string of the molecule is COC(=O)N(Cc1cc(C(F)(F)F)cc(C(F)(F)F)c1)[C@@H]1C[C@H](C)Nc2ccc(C(F)(F)F)cc21. The minimum atomic E-state index is -5.11. The number of nitrogens with zero attached hydrogens (tertiary/aromatic N) is 1. The number of alkyl halides is 9. The molecule has 1 aliphatic heterocycles. The number of amides is 1. The van der Waals surface area contributed by atoms with Gasteiger partial charge in [0.05, 0.1) is 29.8 Å². The number of methoxy groups -OCH3 is 1. The van der Waals surface area contributed by atoms with E-state index in [0.29, 0.717) is 12.1 Å². The van der Waals surface area contributed by atoms with E-state index in [4.69, 9.17) is 0 Å². The van der Waals surface area contributed by atoms with E-state index in [-0.39, 0.29) is 29.8 Å². The topological polar surface area (TPSA) is 41.6 Å². The van der Waals surface area contributed by atoms with Gasteiger partial charge in [0, 0.05) is 18.3 Å². The van der Waals surface area contributed by atoms with Gasteiger partial charge >= 0.3 is 24.6 Å². The first-order chi connectivity index (χ1) is 16.0. The van der Waals surface area contributed by atoms with E-state index in [0.717, 1.165) is 30.2 Å². The fourth-order valence-electron chi connectivity index (χ4n) is 3.95. The molecule has 35 heavy (non-hydrogen) atoms. The summed E-state index contributed by atoms with van der Waals surface area (Å²) in [5.41, 5.74) is -4.45. The van der Waals surface area contributed by atoms with Crippen molar-refractivity contribution >= 4 is 11.8 Å². The number of fused-ring (bicyclic) bond motifs is 1. The number of benzene rings is 2. The molecule has 0 aromatic heterocycles. The van der Waals surface area contributed by atoms with Crippen LogP contribution in [0.4, 0.5) is 50.0 Å². The van der Waals surface area contributed by atoms with E-state index < -0.39 is 59.5 Å². The highest BCUT2D eigenvalue weighted by molar-refractivity contribution is 5.70. The summed E-state index contributed by atoms with van der Waals surface area (Å²) < 4.78 is 124. The lowest BCUT2D eigenvalue weighted by Crippen LogP contribution is -2.40. The van der Waals surface area contributed by atoms with Crippen molar-refractivity contribution in [2.75, 3.05) is 12.4 Å². The molecule has 4 nitrogen and oxygen atoms in total. The fraction of sp³-hybridized carbons (Fsp3) is 0.409. The maximum atomic E-state index is 13.3. The van der Waals surface area contributed by atoms with Gasteiger partial charge in [-0.05, 0) is 60.9 Å². The lowest BCUT2D eigenvalue weighted by atomic mass is 9.90. The smallest absolute Gasteiger partial charge is 0.416 e. The van der Waals surface area contributed by atoms with Crippen molar-refractivity contribution in [1.82, 2.24) is 4.90 Å². The molecule has 3 rings (SSSR count). The molecule has 0 spiro atoms. The number of hydrogen-bond donors (Lipinski definition) is 1. The predicted molar refractivity (Wildman–Crippen MR) is 106 cm³/mol. The van der Waals surface area contributed by atoms with Crippen molar-refractivity contribution in [2.45, 2.75) is 50.5 Å². The molecule has 0 bridgehead atoms. The van der Waals surface area contributed by atoms with Crippen molar-refractivity contribution in [3.8, 4) is 0 Å². The van der Waals surface area contributed by atoms with Crippen LogP contribution in [0.25, 0.3) is 0 Å². The Bertz CT molecular complexity index is 1060. The second-order valence-corrected chi connectivity index (χ2v) is 8.11. The summed E-state index contributed by atoms with van der Waals surface area (Å²) in [6, 6.07) is 2.13. The largest absolute Gasteiger partial charge is 0.453 e. The van der Waals surface area contributed by atoms with Gasteiger partial charge in [-0.25, -0.2) is 4.79 Å². The summed E-state index contributed by atoms with van der Waals surface area (Å²) in [6.07, 6.45) is -16.0. The molecule has 1 N–H and O–H groups in total. The monoisotopic (exact) mass is 514 g/mol. The molecule has 2 atom stereocenters. The minimum Gasteiger partial charge on any atom is -0.453 e. The molecule has 0 saturated heterocycles. The molecule has 1 aliphatic rings. The molecule has 2 aromatic carbocycles. The van der Waals surface area contributed by atoms with E-state index >= 15 is 0 Å². The zero-order valence-corrected chi connectivity index (χ0v) is 18.2. The van der Waals surface area contributed by atoms with Crippen molar-refractivity contribution < 1.29 is 49.0 Å². The second-order valence-electron chi connectivity index (χ2n) is 8.11. The Labute approximate surface area is 193 Å². The standard InChI is InChI=1S/C22H19F9N2O2/c1-11-5-18(16-9-13(20(23,24)25)3-4-17(16)32-11)33(19(34)35-2)10-12-6-14(21(26,27)28)8-15(7-12)22(29,30)31/h3-4,6-9,11,18,32H,5,10H2,1-2H3/t11-,18+/m0/s1. The first kappa shape index (κ1) is 26.5. The zero-order chi connectivity index (χ0) is 26.3. The minimum absolute atomic E-state index is 0.00588. The molecule has 2 aromatic rings. The first-order valence-electron chi connectivity index (χ1n) is 10.1. The van der Waals surface area contributed by atoms with Crippen molar-refractivity contribution in [3.63, 3.8) is 0 Å². The van der Waals surface area contributed by atoms with Crippen LogP contribution in [0.5, 0.6) is 0 Å². The first-order valence-corrected chi connectivity index (χ1v) is 10.1. The fourth-order valence-corrected chi connectivity index (χ4v) is 3.95. The highest BCUT2D eigenvalue weighted by Gasteiger charge is 2.39. The molecule has 0 fully saturated rings. The molecule has 13 heteroatoms. The van der Waals surface area contributed by atoms with Gasteiger partial charge in [-0.3, -0.25) is 4.90 Å². The Kier molecular flexibility index (Phi) is 6.93. The number of rotatable bonds is 3. The third-order valence-electron chi connectivity index (χ3n) is 5.50. The van der Waals surface area contributed by atoms with E-state index in [1.807, 2.05) is 0 Å². The highest BCUT2D eigenvalue weighted by Crippen LogP contribution is 2.42. The molecule has 0 radical (unpaired) electrons. The van der Waals surface area contributed by atoms with Crippen LogP contribution < -0.4 is 5.32 Å². The van der Waals surface area contributed by atoms with Gasteiger partial charge in [-0.1, -0.05) is 0 Å². The summed E-state index contributed by atoms with van der Waals surface area (Å²) in [4.78, 5) is 13.4. The predicted octanol–water partition coefficient (Wildman–Crippen LogP) is 7.26. The number of carbonyl (C=O) groups is 1. The quantitative estimate of drug-likeness (QED) is 0.439. The number of ether oxygens (including phenoxy) is 1. The van der Waals surface area contributed by atoms with Crippen LogP contribution in [-0.4, -0.2) is 24.1 Å². The summed E-state index contributed by atoms with van der Waals surface area (Å²) >= 11 is 0. The average molecular weight is 514 g/mol. The van der Waals surface area contributed by atoms with E-state index in [1.165, 1.54) is 0 Å². The Balaban J connectivity index is 2.12. The third kappa shape index (κ3) is 5.93. The number of carbonyl (C=O) groups excluding carboxylic acids is 1. The summed E-state index contributed by atoms with van der Waals surface area (Å²) in [6.45, 7) is 0.891. The maximum absolute atomic E-state index is 13.3. The van der Waals surface area contributed by atoms with E-state index in [1.54, 1.807) is 6.92 Å². The normalized spacial score (nSPS) is 18.5. The van der Waals surface area contributed by atoms with Gasteiger partial charge in [0.1, 0.15) is 0 Å². The van der Waals surface area contributed by atoms with Crippen molar-refractivity contribution in [1.29, 1.82) is 0 Å². The van der Waals surface area contributed by atoms with Gasteiger partial charge in [-0.15, -0.1) is 0 Å². The molecule has 0 aliphatic carbocycles. The lowest BCUT2D eigenvalue weighted by molar-refractivity contribution is -0.143. The van der Waals surface area contributed by atoms with Crippen molar-refractivity contribution in [2.24, 2.45) is 0 Å². The average Bonchev–Trinajstić information content (AvgIpc) is 2.74. The number of anilines is 1. The Hall–Kier alpha value is -3.12. The highest BCUT2D eigenvalue weighted by atomic mass is 19.4. The number of hydrogen-bond acceptors (Lipinski definition) is 3. The van der Waals surface area contributed by atoms with Crippen LogP contribution in [0.15, 0.2) is 36.4 Å². The third-order valence-corrected chi connectivity index (χ3v) is 5.50. The molecule has 192 valence electrons. The van der Waals surface area contributed by atoms with Gasteiger partial charge < -0.3 is 10.1 Å². The maximum Gasteiger partial charge on any atom is 0.416 e. The van der Waals surface area contributed by atoms with Crippen LogP contribution in [-0.2, 0) is 29.8 Å². The Morgan fingerprint density at radius 2 is 1.46 bits per heavy atom. The molecule has 0 unspecified atom stereocenters. The molecular formula is C22H19F9N2O2. The van der Waals surface area contributed by atoms with Crippen LogP contribution in [0, 0.1) is 0 Å². The summed E-state index contributed by atoms with van der Waals surface area (Å²) in [7, 11) is 0.945. The summed E-state index contributed by atoms with van der Waals surface area (Å²) in [5.74, 6) is 0. The van der Waals surface area contributed by atoms with Gasteiger partial charge in [-0.2, -0.15) is 39.5 Å². The lowest BCUT2D eigenvalue weighted by Gasteiger charge is -2.38. The van der Waals surface area contributed by atoms with E-state index in [9.17, 15) is 44.3 Å². The van der Waals surface area contributed by atoms with Gasteiger partial charge in [0.2, 0.25) is 0 Å². The number of nitrogens with one attached hydrogen (secondary N) is 1. The van der Waals surface area contributed by atoms with Crippen LogP contribution in [0.2, 0.25) is 0 Å². The molecule has 1 heterocycles. The summed E-state index contributed by atoms with van der Waals surface area (Å²) in [5, 5.41) is 2.96. The zero-order valence-electron chi connectivity index (χ0n) is 18.2. The van der Waals surface area contributed by atoms with Gasteiger partial charge in [0.25, 0.3) is 0 Å². The number of halogens is 9. The van der Waals surface area contributed by atoms with Crippen LogP contribution in [0.3, 0.4) is 0 Å².